The number of benzene rings is 2. The third-order valence-corrected chi connectivity index (χ3v) is 2.44. The van der Waals surface area contributed by atoms with Gasteiger partial charge in [-0.2, -0.15) is 8.78 Å². The minimum Gasteiger partial charge on any atom is -0.435 e. The number of halogens is 3. The van der Waals surface area contributed by atoms with Crippen LogP contribution in [0.15, 0.2) is 48.5 Å². The largest absolute Gasteiger partial charge is 0.435 e. The molecule has 0 unspecified atom stereocenters. The third-order valence-electron chi connectivity index (χ3n) is 2.44. The molecule has 2 aromatic rings. The van der Waals surface area contributed by atoms with Crippen molar-refractivity contribution in [2.24, 2.45) is 0 Å². The van der Waals surface area contributed by atoms with Gasteiger partial charge in [-0.15, -0.1) is 0 Å². The number of amides is 1. The minimum atomic E-state index is -2.89. The van der Waals surface area contributed by atoms with Gasteiger partial charge in [0.15, 0.2) is 0 Å². The molecule has 0 bridgehead atoms. The van der Waals surface area contributed by atoms with E-state index in [2.05, 4.69) is 10.1 Å². The first-order chi connectivity index (χ1) is 9.54. The van der Waals surface area contributed by atoms with Gasteiger partial charge < -0.3 is 10.1 Å². The van der Waals surface area contributed by atoms with Gasteiger partial charge in [0, 0.05) is 11.3 Å². The van der Waals surface area contributed by atoms with E-state index in [0.29, 0.717) is 11.3 Å². The van der Waals surface area contributed by atoms with Gasteiger partial charge in [-0.1, -0.05) is 0 Å². The lowest BCUT2D eigenvalue weighted by atomic mass is 10.2. The molecule has 6 heteroatoms. The van der Waals surface area contributed by atoms with Gasteiger partial charge in [0.05, 0.1) is 0 Å². The van der Waals surface area contributed by atoms with E-state index in [-0.39, 0.29) is 5.75 Å². The van der Waals surface area contributed by atoms with Crippen LogP contribution in [0.5, 0.6) is 5.75 Å². The van der Waals surface area contributed by atoms with Gasteiger partial charge in [-0.3, -0.25) is 4.79 Å². The number of anilines is 1. The molecule has 0 saturated carbocycles. The molecular weight excluding hydrogens is 271 g/mol. The molecule has 0 radical (unpaired) electrons. The van der Waals surface area contributed by atoms with Crippen molar-refractivity contribution in [1.29, 1.82) is 0 Å². The molecule has 104 valence electrons. The van der Waals surface area contributed by atoms with Crippen LogP contribution in [0.1, 0.15) is 10.4 Å². The van der Waals surface area contributed by atoms with Gasteiger partial charge in [-0.25, -0.2) is 4.39 Å². The molecule has 20 heavy (non-hydrogen) atoms. The zero-order valence-corrected chi connectivity index (χ0v) is 10.1. The van der Waals surface area contributed by atoms with Gasteiger partial charge in [0.1, 0.15) is 11.6 Å². The van der Waals surface area contributed by atoms with Gasteiger partial charge >= 0.3 is 6.61 Å². The zero-order chi connectivity index (χ0) is 14.5. The smallest absolute Gasteiger partial charge is 0.387 e. The Labute approximate surface area is 113 Å². The van der Waals surface area contributed by atoms with E-state index < -0.39 is 18.3 Å². The molecule has 3 nitrogen and oxygen atoms in total. The number of nitrogens with one attached hydrogen (secondary N) is 1. The second kappa shape index (κ2) is 6.10. The van der Waals surface area contributed by atoms with Crippen molar-refractivity contribution in [3.63, 3.8) is 0 Å². The first-order valence-corrected chi connectivity index (χ1v) is 5.66. The van der Waals surface area contributed by atoms with E-state index >= 15 is 0 Å². The van der Waals surface area contributed by atoms with Crippen LogP contribution in [0.25, 0.3) is 0 Å². The van der Waals surface area contributed by atoms with Crippen molar-refractivity contribution in [3.05, 3.63) is 59.9 Å². The Morgan fingerprint density at radius 3 is 2.15 bits per heavy atom. The Morgan fingerprint density at radius 1 is 1.00 bits per heavy atom. The lowest BCUT2D eigenvalue weighted by Crippen LogP contribution is -2.11. The maximum absolute atomic E-state index is 12.7. The summed E-state index contributed by atoms with van der Waals surface area (Å²) in [6.07, 6.45) is 0. The second-order valence-electron chi connectivity index (χ2n) is 3.86. The molecule has 0 heterocycles. The summed E-state index contributed by atoms with van der Waals surface area (Å²) in [5.74, 6) is -0.859. The van der Waals surface area contributed by atoms with Crippen LogP contribution in [0.4, 0.5) is 18.9 Å². The molecule has 0 saturated heterocycles. The summed E-state index contributed by atoms with van der Waals surface area (Å²) in [6, 6.07) is 10.5. The average Bonchev–Trinajstić information content (AvgIpc) is 2.41. The number of ether oxygens (including phenoxy) is 1. The SMILES string of the molecule is O=C(Nc1ccc(OC(F)F)cc1)c1ccc(F)cc1. The van der Waals surface area contributed by atoms with Crippen molar-refractivity contribution in [1.82, 2.24) is 0 Å². The maximum atomic E-state index is 12.7. The predicted molar refractivity (Wildman–Crippen MR) is 67.4 cm³/mol. The number of alkyl halides is 2. The highest BCUT2D eigenvalue weighted by atomic mass is 19.3. The Hall–Kier alpha value is -2.50. The van der Waals surface area contributed by atoms with Crippen LogP contribution in [0.3, 0.4) is 0 Å². The highest BCUT2D eigenvalue weighted by molar-refractivity contribution is 6.04. The van der Waals surface area contributed by atoms with E-state index in [0.717, 1.165) is 0 Å². The summed E-state index contributed by atoms with van der Waals surface area (Å²) in [7, 11) is 0. The lowest BCUT2D eigenvalue weighted by molar-refractivity contribution is -0.0498. The van der Waals surface area contributed by atoms with Crippen LogP contribution >= 0.6 is 0 Å². The molecule has 0 fully saturated rings. The second-order valence-corrected chi connectivity index (χ2v) is 3.86. The van der Waals surface area contributed by atoms with Crippen molar-refractivity contribution in [3.8, 4) is 5.75 Å². The fraction of sp³-hybridized carbons (Fsp3) is 0.0714. The standard InChI is InChI=1S/C14H10F3NO2/c15-10-3-1-9(2-4-10)13(19)18-11-5-7-12(8-6-11)20-14(16)17/h1-8,14H,(H,18,19). The summed E-state index contributed by atoms with van der Waals surface area (Å²) in [4.78, 5) is 11.8. The van der Waals surface area contributed by atoms with E-state index in [4.69, 9.17) is 0 Å². The van der Waals surface area contributed by atoms with E-state index in [1.165, 1.54) is 48.5 Å². The monoisotopic (exact) mass is 281 g/mol. The fourth-order valence-corrected chi connectivity index (χ4v) is 1.52. The van der Waals surface area contributed by atoms with Crippen molar-refractivity contribution < 1.29 is 22.7 Å². The first kappa shape index (κ1) is 13.9. The van der Waals surface area contributed by atoms with E-state index in [1.807, 2.05) is 0 Å². The molecule has 1 amide bonds. The van der Waals surface area contributed by atoms with Crippen LogP contribution in [0, 0.1) is 5.82 Å². The topological polar surface area (TPSA) is 38.3 Å². The van der Waals surface area contributed by atoms with Gasteiger partial charge in [0.2, 0.25) is 0 Å². The molecule has 0 aliphatic rings. The first-order valence-electron chi connectivity index (χ1n) is 5.66. The molecule has 1 N–H and O–H groups in total. The maximum Gasteiger partial charge on any atom is 0.387 e. The zero-order valence-electron chi connectivity index (χ0n) is 10.1. The van der Waals surface area contributed by atoms with E-state index in [1.54, 1.807) is 0 Å². The molecule has 0 aromatic heterocycles. The highest BCUT2D eigenvalue weighted by Crippen LogP contribution is 2.18. The van der Waals surface area contributed by atoms with Gasteiger partial charge in [-0.05, 0) is 48.5 Å². The molecule has 2 rings (SSSR count). The quantitative estimate of drug-likeness (QED) is 0.928. The molecule has 0 aliphatic heterocycles. The summed E-state index contributed by atoms with van der Waals surface area (Å²) < 4.78 is 40.8. The molecule has 0 spiro atoms. The van der Waals surface area contributed by atoms with Crippen LogP contribution in [0.2, 0.25) is 0 Å². The van der Waals surface area contributed by atoms with Crippen molar-refractivity contribution in [2.75, 3.05) is 5.32 Å². The predicted octanol–water partition coefficient (Wildman–Crippen LogP) is 3.68. The van der Waals surface area contributed by atoms with E-state index in [9.17, 15) is 18.0 Å². The molecule has 0 atom stereocenters. The molecule has 2 aromatic carbocycles. The van der Waals surface area contributed by atoms with Crippen LogP contribution < -0.4 is 10.1 Å². The molecule has 0 aliphatic carbocycles. The van der Waals surface area contributed by atoms with Crippen molar-refractivity contribution in [2.45, 2.75) is 6.61 Å². The summed E-state index contributed by atoms with van der Waals surface area (Å²) in [6.45, 7) is -2.89. The number of carbonyl (C=O) groups excluding carboxylic acids is 1. The number of carbonyl (C=O) groups is 1. The Balaban J connectivity index is 2.02. The summed E-state index contributed by atoms with van der Waals surface area (Å²) in [5, 5.41) is 2.55. The highest BCUT2D eigenvalue weighted by Gasteiger charge is 2.07. The fourth-order valence-electron chi connectivity index (χ4n) is 1.52. The normalized spacial score (nSPS) is 10.4. The van der Waals surface area contributed by atoms with Gasteiger partial charge in [0.25, 0.3) is 5.91 Å². The Kier molecular flexibility index (Phi) is 4.24. The van der Waals surface area contributed by atoms with Crippen molar-refractivity contribution >= 4 is 11.6 Å². The lowest BCUT2D eigenvalue weighted by Gasteiger charge is -2.07. The van der Waals surface area contributed by atoms with Crippen LogP contribution in [-0.2, 0) is 0 Å². The summed E-state index contributed by atoms with van der Waals surface area (Å²) in [5.41, 5.74) is 0.709. The average molecular weight is 281 g/mol. The number of hydrogen-bond donors (Lipinski definition) is 1. The Morgan fingerprint density at radius 2 is 1.60 bits per heavy atom. The Bertz CT molecular complexity index is 582. The number of rotatable bonds is 4. The van der Waals surface area contributed by atoms with Crippen LogP contribution in [-0.4, -0.2) is 12.5 Å². The third kappa shape index (κ3) is 3.74. The minimum absolute atomic E-state index is 0.000203. The number of hydrogen-bond acceptors (Lipinski definition) is 2. The summed E-state index contributed by atoms with van der Waals surface area (Å²) >= 11 is 0. The molecular formula is C14H10F3NO2.